The molecule has 0 spiro atoms. The van der Waals surface area contributed by atoms with Crippen molar-refractivity contribution in [2.45, 2.75) is 31.8 Å². The number of rotatable bonds is 2. The van der Waals surface area contributed by atoms with Gasteiger partial charge in [-0.1, -0.05) is 18.2 Å². The van der Waals surface area contributed by atoms with Gasteiger partial charge < -0.3 is 14.8 Å². The van der Waals surface area contributed by atoms with Crippen LogP contribution < -0.4 is 5.32 Å². The lowest BCUT2D eigenvalue weighted by atomic mass is 9.99. The van der Waals surface area contributed by atoms with Crippen LogP contribution in [0.25, 0.3) is 10.9 Å². The van der Waals surface area contributed by atoms with Crippen molar-refractivity contribution in [3.8, 4) is 0 Å². The van der Waals surface area contributed by atoms with Gasteiger partial charge >= 0.3 is 0 Å². The predicted octanol–water partition coefficient (Wildman–Crippen LogP) is 2.03. The van der Waals surface area contributed by atoms with Crippen molar-refractivity contribution in [2.75, 3.05) is 26.7 Å². The highest BCUT2D eigenvalue weighted by atomic mass is 15.2. The molecule has 3 heteroatoms. The van der Waals surface area contributed by atoms with Crippen LogP contribution in [0.3, 0.4) is 0 Å². The number of nitrogens with zero attached hydrogens (tertiary/aromatic N) is 2. The minimum Gasteiger partial charge on any atom is -0.347 e. The second-order valence-electron chi connectivity index (χ2n) is 6.31. The van der Waals surface area contributed by atoms with E-state index in [4.69, 9.17) is 0 Å². The van der Waals surface area contributed by atoms with Crippen LogP contribution in [0.15, 0.2) is 24.4 Å². The van der Waals surface area contributed by atoms with E-state index in [9.17, 15) is 0 Å². The van der Waals surface area contributed by atoms with Gasteiger partial charge in [-0.25, -0.2) is 0 Å². The number of likely N-dealkylation sites (N-methyl/N-ethyl adjacent to an activating group) is 1. The van der Waals surface area contributed by atoms with E-state index >= 15 is 0 Å². The average Bonchev–Trinajstić information content (AvgIpc) is 2.82. The van der Waals surface area contributed by atoms with Gasteiger partial charge in [0.1, 0.15) is 0 Å². The van der Waals surface area contributed by atoms with Gasteiger partial charge in [0.05, 0.1) is 5.52 Å². The molecule has 0 amide bonds. The van der Waals surface area contributed by atoms with Gasteiger partial charge in [0, 0.05) is 43.8 Å². The highest BCUT2D eigenvalue weighted by Gasteiger charge is 2.22. The third kappa shape index (κ3) is 1.97. The Morgan fingerprint density at radius 2 is 2.25 bits per heavy atom. The molecule has 1 unspecified atom stereocenters. The molecule has 4 rings (SSSR count). The van der Waals surface area contributed by atoms with Crippen LogP contribution in [-0.4, -0.2) is 42.2 Å². The first-order valence-electron chi connectivity index (χ1n) is 7.83. The first-order valence-corrected chi connectivity index (χ1v) is 7.83. The monoisotopic (exact) mass is 269 g/mol. The van der Waals surface area contributed by atoms with E-state index in [0.717, 1.165) is 26.1 Å². The first kappa shape index (κ1) is 12.4. The molecule has 1 aromatic carbocycles. The number of para-hydroxylation sites is 1. The fourth-order valence-corrected chi connectivity index (χ4v) is 3.84. The van der Waals surface area contributed by atoms with Crippen LogP contribution in [-0.2, 0) is 19.4 Å². The van der Waals surface area contributed by atoms with E-state index in [1.165, 1.54) is 41.4 Å². The standard InChI is InChI=1S/C17H23N3/c1-19-9-7-18-11-15(19)10-14-12-20-8-3-5-13-4-2-6-16(14)17(13)20/h2,4,6,12,15,18H,3,5,7-11H2,1H3. The summed E-state index contributed by atoms with van der Waals surface area (Å²) in [6.07, 6.45) is 6.10. The summed E-state index contributed by atoms with van der Waals surface area (Å²) in [5.41, 5.74) is 4.57. The van der Waals surface area contributed by atoms with Crippen LogP contribution in [0.4, 0.5) is 0 Å². The smallest absolute Gasteiger partial charge is 0.0515 e. The molecule has 0 radical (unpaired) electrons. The first-order chi connectivity index (χ1) is 9.83. The van der Waals surface area contributed by atoms with Crippen molar-refractivity contribution in [3.05, 3.63) is 35.5 Å². The Hall–Kier alpha value is -1.32. The van der Waals surface area contributed by atoms with Crippen molar-refractivity contribution < 1.29 is 0 Å². The molecule has 20 heavy (non-hydrogen) atoms. The molecule has 1 N–H and O–H groups in total. The number of aromatic nitrogens is 1. The van der Waals surface area contributed by atoms with Gasteiger partial charge in [-0.2, -0.15) is 0 Å². The zero-order valence-electron chi connectivity index (χ0n) is 12.2. The maximum absolute atomic E-state index is 3.53. The molecule has 2 aliphatic heterocycles. The molecule has 2 aromatic rings. The molecular weight excluding hydrogens is 246 g/mol. The summed E-state index contributed by atoms with van der Waals surface area (Å²) in [5.74, 6) is 0. The molecular formula is C17H23N3. The normalized spacial score (nSPS) is 23.4. The fraction of sp³-hybridized carbons (Fsp3) is 0.529. The maximum Gasteiger partial charge on any atom is 0.0515 e. The third-order valence-electron chi connectivity index (χ3n) is 5.01. The summed E-state index contributed by atoms with van der Waals surface area (Å²) in [5, 5.41) is 5.02. The highest BCUT2D eigenvalue weighted by molar-refractivity contribution is 5.87. The Kier molecular flexibility index (Phi) is 3.04. The van der Waals surface area contributed by atoms with E-state index in [-0.39, 0.29) is 0 Å². The van der Waals surface area contributed by atoms with Gasteiger partial charge in [0.15, 0.2) is 0 Å². The summed E-state index contributed by atoms with van der Waals surface area (Å²) in [7, 11) is 2.26. The Bertz CT molecular complexity index is 628. The molecule has 3 nitrogen and oxygen atoms in total. The Morgan fingerprint density at radius 1 is 1.30 bits per heavy atom. The topological polar surface area (TPSA) is 20.2 Å². The number of hydrogen-bond acceptors (Lipinski definition) is 2. The molecule has 3 heterocycles. The second kappa shape index (κ2) is 4.90. The van der Waals surface area contributed by atoms with E-state index in [2.05, 4.69) is 46.2 Å². The Morgan fingerprint density at radius 3 is 3.15 bits per heavy atom. The summed E-state index contributed by atoms with van der Waals surface area (Å²) in [6.45, 7) is 4.59. The van der Waals surface area contributed by atoms with Crippen LogP contribution in [0.1, 0.15) is 17.5 Å². The highest BCUT2D eigenvalue weighted by Crippen LogP contribution is 2.30. The lowest BCUT2D eigenvalue weighted by Crippen LogP contribution is -2.50. The largest absolute Gasteiger partial charge is 0.347 e. The van der Waals surface area contributed by atoms with E-state index in [0.29, 0.717) is 6.04 Å². The van der Waals surface area contributed by atoms with Crippen molar-refractivity contribution in [2.24, 2.45) is 0 Å². The quantitative estimate of drug-likeness (QED) is 0.900. The number of piperazine rings is 1. The molecule has 1 atom stereocenters. The van der Waals surface area contributed by atoms with Gasteiger partial charge in [0.25, 0.3) is 0 Å². The summed E-state index contributed by atoms with van der Waals surface area (Å²) < 4.78 is 2.49. The molecule has 2 aliphatic rings. The Labute approximate surface area is 120 Å². The van der Waals surface area contributed by atoms with Gasteiger partial charge in [-0.3, -0.25) is 0 Å². The summed E-state index contributed by atoms with van der Waals surface area (Å²) in [6, 6.07) is 7.48. The SMILES string of the molecule is CN1CCNCC1Cc1cn2c3c(cccc13)CCC2. The average molecular weight is 269 g/mol. The third-order valence-corrected chi connectivity index (χ3v) is 5.01. The van der Waals surface area contributed by atoms with Crippen LogP contribution >= 0.6 is 0 Å². The number of benzene rings is 1. The second-order valence-corrected chi connectivity index (χ2v) is 6.31. The summed E-state index contributed by atoms with van der Waals surface area (Å²) in [4.78, 5) is 2.50. The van der Waals surface area contributed by atoms with E-state index < -0.39 is 0 Å². The Balaban J connectivity index is 1.72. The molecule has 0 saturated carbocycles. The number of nitrogens with one attached hydrogen (secondary N) is 1. The van der Waals surface area contributed by atoms with Crippen LogP contribution in [0.5, 0.6) is 0 Å². The van der Waals surface area contributed by atoms with Crippen molar-refractivity contribution >= 4 is 10.9 Å². The van der Waals surface area contributed by atoms with Gasteiger partial charge in [-0.05, 0) is 37.4 Å². The molecule has 1 aromatic heterocycles. The predicted molar refractivity (Wildman–Crippen MR) is 83.3 cm³/mol. The summed E-state index contributed by atoms with van der Waals surface area (Å²) >= 11 is 0. The van der Waals surface area contributed by atoms with Gasteiger partial charge in [-0.15, -0.1) is 0 Å². The minimum absolute atomic E-state index is 0.632. The molecule has 0 aliphatic carbocycles. The zero-order chi connectivity index (χ0) is 13.5. The molecule has 0 bridgehead atoms. The maximum atomic E-state index is 3.53. The van der Waals surface area contributed by atoms with Crippen molar-refractivity contribution in [1.82, 2.24) is 14.8 Å². The minimum atomic E-state index is 0.632. The lowest BCUT2D eigenvalue weighted by molar-refractivity contribution is 0.199. The van der Waals surface area contributed by atoms with Crippen molar-refractivity contribution in [3.63, 3.8) is 0 Å². The lowest BCUT2D eigenvalue weighted by Gasteiger charge is -2.33. The molecule has 1 saturated heterocycles. The zero-order valence-corrected chi connectivity index (χ0v) is 12.2. The van der Waals surface area contributed by atoms with E-state index in [1.807, 2.05) is 0 Å². The molecule has 106 valence electrons. The van der Waals surface area contributed by atoms with Crippen molar-refractivity contribution in [1.29, 1.82) is 0 Å². The van der Waals surface area contributed by atoms with Crippen LogP contribution in [0, 0.1) is 0 Å². The van der Waals surface area contributed by atoms with Crippen LogP contribution in [0.2, 0.25) is 0 Å². The van der Waals surface area contributed by atoms with E-state index in [1.54, 1.807) is 0 Å². The fourth-order valence-electron chi connectivity index (χ4n) is 3.84. The number of aryl methyl sites for hydroxylation is 2. The number of hydrogen-bond donors (Lipinski definition) is 1. The van der Waals surface area contributed by atoms with Gasteiger partial charge in [0.2, 0.25) is 0 Å². The molecule has 1 fully saturated rings.